The third-order valence-corrected chi connectivity index (χ3v) is 3.75. The third-order valence-electron chi connectivity index (χ3n) is 3.75. The molecule has 0 aromatic carbocycles. The summed E-state index contributed by atoms with van der Waals surface area (Å²) in [5, 5.41) is 12.6. The van der Waals surface area contributed by atoms with Crippen molar-refractivity contribution in [1.29, 1.82) is 0 Å². The minimum atomic E-state index is -0.897. The fourth-order valence-electron chi connectivity index (χ4n) is 2.27. The number of hydrogen-bond acceptors (Lipinski definition) is 4. The molecule has 1 heterocycles. The number of nitrogens with one attached hydrogen (secondary N) is 1. The first kappa shape index (κ1) is 18.8. The number of unbranched alkanes of at least 4 members (excludes halogenated alkanes) is 2. The lowest BCUT2D eigenvalue weighted by molar-refractivity contribution is -0.119. The Morgan fingerprint density at radius 2 is 1.91 bits per heavy atom. The molecule has 2 N–H and O–H groups in total. The highest BCUT2D eigenvalue weighted by atomic mass is 16.3. The summed E-state index contributed by atoms with van der Waals surface area (Å²) in [5.74, 6) is -0.106. The van der Waals surface area contributed by atoms with Gasteiger partial charge in [-0.1, -0.05) is 19.8 Å². The normalized spacial score (nSPS) is 16.0. The first-order valence-corrected chi connectivity index (χ1v) is 8.28. The van der Waals surface area contributed by atoms with Gasteiger partial charge in [0.15, 0.2) is 0 Å². The smallest absolute Gasteiger partial charge is 0.269 e. The van der Waals surface area contributed by atoms with E-state index in [1.165, 1.54) is 12.8 Å². The van der Waals surface area contributed by atoms with Crippen LogP contribution in [0.15, 0.2) is 11.9 Å². The maximum atomic E-state index is 12.4. The summed E-state index contributed by atoms with van der Waals surface area (Å²) < 4.78 is 0. The van der Waals surface area contributed by atoms with Crippen LogP contribution in [0.4, 0.5) is 0 Å². The monoisotopic (exact) mass is 311 g/mol. The highest BCUT2D eigenvalue weighted by Gasteiger charge is 2.31. The van der Waals surface area contributed by atoms with Crippen molar-refractivity contribution in [3.63, 3.8) is 0 Å². The molecule has 5 heteroatoms. The molecule has 1 rings (SSSR count). The molecule has 0 aliphatic carbocycles. The zero-order chi connectivity index (χ0) is 17.0. The van der Waals surface area contributed by atoms with Crippen molar-refractivity contribution in [2.45, 2.75) is 71.9 Å². The Bertz CT molecular complexity index is 405. The second-order valence-corrected chi connectivity index (χ2v) is 7.76. The maximum Gasteiger partial charge on any atom is 0.269 e. The van der Waals surface area contributed by atoms with Crippen molar-refractivity contribution in [1.82, 2.24) is 15.1 Å². The molecule has 1 amide bonds. The SMILES string of the molecule is CCCCCN1CN(C(C)(C)C)C=C1C(=O)NCC(C)(C)O. The summed E-state index contributed by atoms with van der Waals surface area (Å²) in [4.78, 5) is 16.8. The molecule has 0 aromatic heterocycles. The molecule has 128 valence electrons. The van der Waals surface area contributed by atoms with Crippen LogP contribution in [0.1, 0.15) is 60.8 Å². The van der Waals surface area contributed by atoms with E-state index in [4.69, 9.17) is 0 Å². The molecule has 0 radical (unpaired) electrons. The molecule has 0 fully saturated rings. The van der Waals surface area contributed by atoms with Crippen LogP contribution in [-0.2, 0) is 4.79 Å². The molecular formula is C17H33N3O2. The summed E-state index contributed by atoms with van der Waals surface area (Å²) in [6, 6.07) is 0. The van der Waals surface area contributed by atoms with Crippen molar-refractivity contribution in [3.8, 4) is 0 Å². The Kier molecular flexibility index (Phi) is 6.29. The quantitative estimate of drug-likeness (QED) is 0.708. The highest BCUT2D eigenvalue weighted by Crippen LogP contribution is 2.24. The zero-order valence-electron chi connectivity index (χ0n) is 15.1. The molecule has 0 unspecified atom stereocenters. The minimum Gasteiger partial charge on any atom is -0.389 e. The number of amides is 1. The molecule has 22 heavy (non-hydrogen) atoms. The van der Waals surface area contributed by atoms with E-state index in [9.17, 15) is 9.90 Å². The van der Waals surface area contributed by atoms with Crippen LogP contribution in [0.2, 0.25) is 0 Å². The molecule has 0 saturated heterocycles. The van der Waals surface area contributed by atoms with Gasteiger partial charge in [-0.25, -0.2) is 0 Å². The second-order valence-electron chi connectivity index (χ2n) is 7.76. The van der Waals surface area contributed by atoms with Crippen LogP contribution < -0.4 is 5.32 Å². The van der Waals surface area contributed by atoms with Gasteiger partial charge in [-0.15, -0.1) is 0 Å². The number of rotatable bonds is 7. The van der Waals surface area contributed by atoms with Gasteiger partial charge in [0.2, 0.25) is 0 Å². The van der Waals surface area contributed by atoms with Crippen LogP contribution in [0.25, 0.3) is 0 Å². The van der Waals surface area contributed by atoms with E-state index in [0.29, 0.717) is 5.70 Å². The highest BCUT2D eigenvalue weighted by molar-refractivity contribution is 5.93. The van der Waals surface area contributed by atoms with Gasteiger partial charge < -0.3 is 20.2 Å². The Morgan fingerprint density at radius 1 is 1.27 bits per heavy atom. The second kappa shape index (κ2) is 7.36. The number of aliphatic hydroxyl groups is 1. The first-order valence-electron chi connectivity index (χ1n) is 8.28. The lowest BCUT2D eigenvalue weighted by atomic mass is 10.1. The number of carbonyl (C=O) groups is 1. The summed E-state index contributed by atoms with van der Waals surface area (Å²) >= 11 is 0. The largest absolute Gasteiger partial charge is 0.389 e. The van der Waals surface area contributed by atoms with E-state index in [1.807, 2.05) is 6.20 Å². The van der Waals surface area contributed by atoms with Crippen LogP contribution in [0.3, 0.4) is 0 Å². The number of carbonyl (C=O) groups excluding carboxylic acids is 1. The fraction of sp³-hybridized carbons (Fsp3) is 0.824. The first-order chi connectivity index (χ1) is 10.0. The van der Waals surface area contributed by atoms with Gasteiger partial charge in [0.25, 0.3) is 5.91 Å². The average molecular weight is 311 g/mol. The van der Waals surface area contributed by atoms with Crippen molar-refractivity contribution < 1.29 is 9.90 Å². The Hall–Kier alpha value is -1.23. The van der Waals surface area contributed by atoms with E-state index >= 15 is 0 Å². The summed E-state index contributed by atoms with van der Waals surface area (Å²) in [6.07, 6.45) is 5.38. The van der Waals surface area contributed by atoms with Crippen LogP contribution in [-0.4, -0.2) is 51.7 Å². The summed E-state index contributed by atoms with van der Waals surface area (Å²) in [7, 11) is 0. The molecule has 0 atom stereocenters. The molecule has 0 saturated carbocycles. The fourth-order valence-corrected chi connectivity index (χ4v) is 2.27. The topological polar surface area (TPSA) is 55.8 Å². The average Bonchev–Trinajstić information content (AvgIpc) is 2.79. The number of nitrogens with zero attached hydrogens (tertiary/aromatic N) is 2. The number of hydrogen-bond donors (Lipinski definition) is 2. The van der Waals surface area contributed by atoms with Gasteiger partial charge in [-0.2, -0.15) is 0 Å². The van der Waals surface area contributed by atoms with Crippen molar-refractivity contribution >= 4 is 5.91 Å². The Morgan fingerprint density at radius 3 is 2.41 bits per heavy atom. The van der Waals surface area contributed by atoms with Crippen LogP contribution in [0.5, 0.6) is 0 Å². The van der Waals surface area contributed by atoms with Gasteiger partial charge in [0, 0.05) is 24.8 Å². The molecule has 1 aliphatic heterocycles. The van der Waals surface area contributed by atoms with Crippen LogP contribution >= 0.6 is 0 Å². The van der Waals surface area contributed by atoms with E-state index in [-0.39, 0.29) is 18.0 Å². The Labute approximate surface area is 135 Å². The van der Waals surface area contributed by atoms with Gasteiger partial charge in [-0.05, 0) is 41.0 Å². The summed E-state index contributed by atoms with van der Waals surface area (Å²) in [6.45, 7) is 13.9. The minimum absolute atomic E-state index is 0.0126. The molecule has 0 spiro atoms. The zero-order valence-corrected chi connectivity index (χ0v) is 15.1. The molecule has 1 aliphatic rings. The van der Waals surface area contributed by atoms with E-state index in [1.54, 1.807) is 13.8 Å². The van der Waals surface area contributed by atoms with Gasteiger partial charge in [0.1, 0.15) is 5.70 Å². The molecule has 0 aromatic rings. The Balaban J connectivity index is 2.76. The van der Waals surface area contributed by atoms with Crippen molar-refractivity contribution in [3.05, 3.63) is 11.9 Å². The molecular weight excluding hydrogens is 278 g/mol. The van der Waals surface area contributed by atoms with Crippen LogP contribution in [0, 0.1) is 0 Å². The maximum absolute atomic E-state index is 12.4. The van der Waals surface area contributed by atoms with E-state index in [2.05, 4.69) is 42.8 Å². The predicted octanol–water partition coefficient (Wildman–Crippen LogP) is 2.28. The van der Waals surface area contributed by atoms with E-state index in [0.717, 1.165) is 19.6 Å². The van der Waals surface area contributed by atoms with Gasteiger partial charge in [0.05, 0.1) is 12.3 Å². The van der Waals surface area contributed by atoms with Crippen molar-refractivity contribution in [2.24, 2.45) is 0 Å². The lowest BCUT2D eigenvalue weighted by Crippen LogP contribution is -2.42. The van der Waals surface area contributed by atoms with Gasteiger partial charge >= 0.3 is 0 Å². The standard InChI is InChI=1S/C17H33N3O2/c1-7-8-9-10-19-13-20(16(2,3)4)11-14(19)15(21)18-12-17(5,6)22/h11,22H,7-10,12-13H2,1-6H3,(H,18,21). The lowest BCUT2D eigenvalue weighted by Gasteiger charge is -2.33. The predicted molar refractivity (Wildman–Crippen MR) is 90.1 cm³/mol. The van der Waals surface area contributed by atoms with Gasteiger partial charge in [-0.3, -0.25) is 4.79 Å². The molecule has 5 nitrogen and oxygen atoms in total. The third kappa shape index (κ3) is 5.87. The molecule has 0 bridgehead atoms. The van der Waals surface area contributed by atoms with Crippen molar-refractivity contribution in [2.75, 3.05) is 19.8 Å². The van der Waals surface area contributed by atoms with E-state index < -0.39 is 5.60 Å². The summed E-state index contributed by atoms with van der Waals surface area (Å²) in [5.41, 5.74) is -0.206.